The van der Waals surface area contributed by atoms with E-state index in [0.29, 0.717) is 5.69 Å². The van der Waals surface area contributed by atoms with Gasteiger partial charge in [-0.2, -0.15) is 13.2 Å². The summed E-state index contributed by atoms with van der Waals surface area (Å²) in [5.74, 6) is -1.34. The molecule has 0 aliphatic heterocycles. The van der Waals surface area contributed by atoms with E-state index in [9.17, 15) is 22.8 Å². The smallest absolute Gasteiger partial charge is 0.416 e. The minimum atomic E-state index is -4.46. The largest absolute Gasteiger partial charge is 0.452 e. The zero-order valence-electron chi connectivity index (χ0n) is 14.8. The number of hydrogen-bond acceptors (Lipinski definition) is 3. The first-order valence-corrected chi connectivity index (χ1v) is 8.04. The molecule has 2 rings (SSSR count). The molecule has 7 heteroatoms. The Hall–Kier alpha value is -3.09. The number of carbonyl (C=O) groups is 2. The lowest BCUT2D eigenvalue weighted by Gasteiger charge is -2.08. The molecule has 0 radical (unpaired) electrons. The third-order valence-corrected chi connectivity index (χ3v) is 3.48. The van der Waals surface area contributed by atoms with Crippen LogP contribution < -0.4 is 5.32 Å². The fourth-order valence-corrected chi connectivity index (χ4v) is 2.41. The molecule has 142 valence electrons. The molecule has 0 atom stereocenters. The molecule has 2 aromatic carbocycles. The molecule has 1 N–H and O–H groups in total. The number of esters is 1. The van der Waals surface area contributed by atoms with Crippen molar-refractivity contribution in [3.05, 3.63) is 70.8 Å². The quantitative estimate of drug-likeness (QED) is 0.616. The predicted molar refractivity (Wildman–Crippen MR) is 96.0 cm³/mol. The van der Waals surface area contributed by atoms with Gasteiger partial charge in [-0.15, -0.1) is 0 Å². The number of amides is 1. The number of halogens is 3. The normalized spacial score (nSPS) is 11.4. The average Bonchev–Trinajstić information content (AvgIpc) is 2.56. The summed E-state index contributed by atoms with van der Waals surface area (Å²) in [7, 11) is 0. The van der Waals surface area contributed by atoms with Crippen LogP contribution in [-0.4, -0.2) is 18.5 Å². The fraction of sp³-hybridized carbons (Fsp3) is 0.200. The van der Waals surface area contributed by atoms with Gasteiger partial charge in [-0.25, -0.2) is 4.79 Å². The third-order valence-electron chi connectivity index (χ3n) is 3.48. The van der Waals surface area contributed by atoms with Crippen molar-refractivity contribution in [2.24, 2.45) is 0 Å². The van der Waals surface area contributed by atoms with Gasteiger partial charge in [-0.3, -0.25) is 4.79 Å². The summed E-state index contributed by atoms with van der Waals surface area (Å²) in [6.07, 6.45) is -2.30. The molecule has 4 nitrogen and oxygen atoms in total. The van der Waals surface area contributed by atoms with Crippen molar-refractivity contribution >= 4 is 23.6 Å². The van der Waals surface area contributed by atoms with Crippen molar-refractivity contribution < 1.29 is 27.5 Å². The van der Waals surface area contributed by atoms with Crippen molar-refractivity contribution in [3.63, 3.8) is 0 Å². The highest BCUT2D eigenvalue weighted by Crippen LogP contribution is 2.29. The lowest BCUT2D eigenvalue weighted by molar-refractivity contribution is -0.142. The van der Waals surface area contributed by atoms with Crippen molar-refractivity contribution in [1.29, 1.82) is 0 Å². The van der Waals surface area contributed by atoms with E-state index in [1.54, 1.807) is 12.1 Å². The molecule has 27 heavy (non-hydrogen) atoms. The molecule has 0 aromatic heterocycles. The van der Waals surface area contributed by atoms with Crippen molar-refractivity contribution in [2.75, 3.05) is 11.9 Å². The molecule has 0 unspecified atom stereocenters. The summed E-state index contributed by atoms with van der Waals surface area (Å²) < 4.78 is 42.7. The SMILES string of the molecule is Cc1cc(C)cc(NC(=O)COC(=O)/C=C/c2cccc(C(F)(F)F)c2)c1. The molecule has 0 fully saturated rings. The minimum Gasteiger partial charge on any atom is -0.452 e. The van der Waals surface area contributed by atoms with Gasteiger partial charge in [0.25, 0.3) is 5.91 Å². The van der Waals surface area contributed by atoms with Crippen LogP contribution in [-0.2, 0) is 20.5 Å². The van der Waals surface area contributed by atoms with Crippen molar-refractivity contribution in [1.82, 2.24) is 0 Å². The van der Waals surface area contributed by atoms with Crippen LogP contribution >= 0.6 is 0 Å². The molecular formula is C20H18F3NO3. The standard InChI is InChI=1S/C20H18F3NO3/c1-13-8-14(2)10-17(9-13)24-18(25)12-27-19(26)7-6-15-4-3-5-16(11-15)20(21,22)23/h3-11H,12H2,1-2H3,(H,24,25)/b7-6+. The second kappa shape index (κ2) is 8.53. The Morgan fingerprint density at radius 1 is 1.07 bits per heavy atom. The molecule has 0 saturated carbocycles. The average molecular weight is 377 g/mol. The number of nitrogens with one attached hydrogen (secondary N) is 1. The molecule has 0 saturated heterocycles. The van der Waals surface area contributed by atoms with Gasteiger partial charge in [0.2, 0.25) is 0 Å². The van der Waals surface area contributed by atoms with Crippen LogP contribution in [0.4, 0.5) is 18.9 Å². The van der Waals surface area contributed by atoms with Gasteiger partial charge in [0, 0.05) is 11.8 Å². The van der Waals surface area contributed by atoms with Crippen LogP contribution in [0.5, 0.6) is 0 Å². The van der Waals surface area contributed by atoms with E-state index < -0.39 is 30.2 Å². The maximum atomic E-state index is 12.6. The predicted octanol–water partition coefficient (Wildman–Crippen LogP) is 4.52. The Bertz CT molecular complexity index is 853. The Labute approximate surface area is 154 Å². The number of alkyl halides is 3. The van der Waals surface area contributed by atoms with Crippen LogP contribution in [0.15, 0.2) is 48.5 Å². The maximum absolute atomic E-state index is 12.6. The molecule has 0 spiro atoms. The van der Waals surface area contributed by atoms with Gasteiger partial charge >= 0.3 is 12.1 Å². The van der Waals surface area contributed by atoms with E-state index in [2.05, 4.69) is 5.32 Å². The second-order valence-corrected chi connectivity index (χ2v) is 5.99. The van der Waals surface area contributed by atoms with Gasteiger partial charge in [0.1, 0.15) is 0 Å². The highest BCUT2D eigenvalue weighted by Gasteiger charge is 2.30. The van der Waals surface area contributed by atoms with E-state index >= 15 is 0 Å². The van der Waals surface area contributed by atoms with Crippen molar-refractivity contribution in [2.45, 2.75) is 20.0 Å². The van der Waals surface area contributed by atoms with Crippen LogP contribution in [0.25, 0.3) is 6.08 Å². The zero-order chi connectivity index (χ0) is 20.0. The van der Waals surface area contributed by atoms with Gasteiger partial charge < -0.3 is 10.1 Å². The van der Waals surface area contributed by atoms with E-state index in [-0.39, 0.29) is 5.56 Å². The molecule has 0 aliphatic rings. The first-order valence-electron chi connectivity index (χ1n) is 8.04. The minimum absolute atomic E-state index is 0.196. The third kappa shape index (κ3) is 6.62. The first kappa shape index (κ1) is 20.2. The van der Waals surface area contributed by atoms with Crippen LogP contribution in [0.2, 0.25) is 0 Å². The molecule has 0 aliphatic carbocycles. The van der Waals surface area contributed by atoms with E-state index in [1.165, 1.54) is 18.2 Å². The molecule has 0 heterocycles. The van der Waals surface area contributed by atoms with Crippen LogP contribution in [0, 0.1) is 13.8 Å². The lowest BCUT2D eigenvalue weighted by Crippen LogP contribution is -2.20. The number of benzene rings is 2. The Morgan fingerprint density at radius 2 is 1.74 bits per heavy atom. The Morgan fingerprint density at radius 3 is 2.37 bits per heavy atom. The zero-order valence-corrected chi connectivity index (χ0v) is 14.8. The van der Waals surface area contributed by atoms with Crippen molar-refractivity contribution in [3.8, 4) is 0 Å². The Balaban J connectivity index is 1.88. The summed E-state index contributed by atoms with van der Waals surface area (Å²) in [5.41, 5.74) is 1.93. The second-order valence-electron chi connectivity index (χ2n) is 5.99. The molecule has 2 aromatic rings. The van der Waals surface area contributed by atoms with Gasteiger partial charge in [0.15, 0.2) is 6.61 Å². The fourth-order valence-electron chi connectivity index (χ4n) is 2.41. The summed E-state index contributed by atoms with van der Waals surface area (Å²) in [4.78, 5) is 23.5. The number of ether oxygens (including phenoxy) is 1. The highest BCUT2D eigenvalue weighted by atomic mass is 19.4. The van der Waals surface area contributed by atoms with Crippen LogP contribution in [0.3, 0.4) is 0 Å². The van der Waals surface area contributed by atoms with Gasteiger partial charge in [-0.05, 0) is 60.9 Å². The number of carbonyl (C=O) groups excluding carboxylic acids is 2. The molecule has 1 amide bonds. The highest BCUT2D eigenvalue weighted by molar-refractivity contribution is 5.94. The number of rotatable bonds is 5. The van der Waals surface area contributed by atoms with E-state index in [4.69, 9.17) is 4.74 Å². The Kier molecular flexibility index (Phi) is 6.39. The number of aryl methyl sites for hydroxylation is 2. The first-order chi connectivity index (χ1) is 12.6. The molecule has 0 bridgehead atoms. The summed E-state index contributed by atoms with van der Waals surface area (Å²) in [6.45, 7) is 3.28. The van der Waals surface area contributed by atoms with Gasteiger partial charge in [-0.1, -0.05) is 18.2 Å². The van der Waals surface area contributed by atoms with Gasteiger partial charge in [0.05, 0.1) is 5.56 Å². The monoisotopic (exact) mass is 377 g/mol. The molecular weight excluding hydrogens is 359 g/mol. The summed E-state index contributed by atoms with van der Waals surface area (Å²) in [5, 5.41) is 2.61. The number of hydrogen-bond donors (Lipinski definition) is 1. The summed E-state index contributed by atoms with van der Waals surface area (Å²) >= 11 is 0. The number of anilines is 1. The lowest BCUT2D eigenvalue weighted by atomic mass is 10.1. The van der Waals surface area contributed by atoms with E-state index in [0.717, 1.165) is 29.3 Å². The topological polar surface area (TPSA) is 55.4 Å². The maximum Gasteiger partial charge on any atom is 0.416 e. The van der Waals surface area contributed by atoms with E-state index in [1.807, 2.05) is 19.9 Å². The summed E-state index contributed by atoms with van der Waals surface area (Å²) in [6, 6.07) is 10.0. The van der Waals surface area contributed by atoms with Crippen LogP contribution in [0.1, 0.15) is 22.3 Å².